The van der Waals surface area contributed by atoms with Crippen LogP contribution >= 0.6 is 11.3 Å². The highest BCUT2D eigenvalue weighted by atomic mass is 32.1. The first kappa shape index (κ1) is 14.6. The van der Waals surface area contributed by atoms with E-state index in [1.54, 1.807) is 12.1 Å². The van der Waals surface area contributed by atoms with Crippen LogP contribution in [0.15, 0.2) is 30.3 Å². The number of rotatable bonds is 5. The SMILES string of the molecule is Cc1cc(OCc2ccc(C(=O)O)s2)ccc1C(C)C. The van der Waals surface area contributed by atoms with Gasteiger partial charge in [0.25, 0.3) is 0 Å². The summed E-state index contributed by atoms with van der Waals surface area (Å²) in [5.74, 6) is 0.426. The number of thiophene rings is 1. The molecule has 0 atom stereocenters. The van der Waals surface area contributed by atoms with Gasteiger partial charge in [-0.05, 0) is 48.2 Å². The van der Waals surface area contributed by atoms with Gasteiger partial charge in [0.2, 0.25) is 0 Å². The fourth-order valence-corrected chi connectivity index (χ4v) is 2.87. The van der Waals surface area contributed by atoms with Gasteiger partial charge in [0.05, 0.1) is 0 Å². The summed E-state index contributed by atoms with van der Waals surface area (Å²) in [5, 5.41) is 8.87. The van der Waals surface area contributed by atoms with Gasteiger partial charge in [-0.3, -0.25) is 0 Å². The minimum atomic E-state index is -0.890. The number of carboxylic acids is 1. The van der Waals surface area contributed by atoms with Crippen LogP contribution in [0.3, 0.4) is 0 Å². The lowest BCUT2D eigenvalue weighted by atomic mass is 9.98. The van der Waals surface area contributed by atoms with E-state index in [1.165, 1.54) is 22.5 Å². The predicted molar refractivity (Wildman–Crippen MR) is 80.9 cm³/mol. The standard InChI is InChI=1S/C16H18O3S/c1-10(2)14-6-4-12(8-11(14)3)19-9-13-5-7-15(20-13)16(17)18/h4-8,10H,9H2,1-3H3,(H,17,18). The molecule has 0 amide bonds. The van der Waals surface area contributed by atoms with E-state index >= 15 is 0 Å². The number of carbonyl (C=O) groups is 1. The van der Waals surface area contributed by atoms with E-state index in [4.69, 9.17) is 9.84 Å². The lowest BCUT2D eigenvalue weighted by molar-refractivity contribution is 0.0702. The molecule has 0 radical (unpaired) electrons. The lowest BCUT2D eigenvalue weighted by Crippen LogP contribution is -1.96. The van der Waals surface area contributed by atoms with Gasteiger partial charge in [-0.25, -0.2) is 4.79 Å². The Balaban J connectivity index is 2.03. The molecule has 1 aromatic carbocycles. The van der Waals surface area contributed by atoms with Gasteiger partial charge in [0.1, 0.15) is 17.2 Å². The first-order valence-electron chi connectivity index (χ1n) is 6.52. The minimum absolute atomic E-state index is 0.343. The molecule has 0 bridgehead atoms. The Morgan fingerprint density at radius 3 is 2.60 bits per heavy atom. The molecule has 2 aromatic rings. The number of carboxylic acid groups (broad SMARTS) is 1. The fraction of sp³-hybridized carbons (Fsp3) is 0.312. The summed E-state index contributed by atoms with van der Waals surface area (Å²) in [6.45, 7) is 6.82. The highest BCUT2D eigenvalue weighted by Crippen LogP contribution is 2.25. The highest BCUT2D eigenvalue weighted by molar-refractivity contribution is 7.13. The predicted octanol–water partition coefficient (Wildman–Crippen LogP) is 4.46. The number of aryl methyl sites for hydroxylation is 1. The van der Waals surface area contributed by atoms with E-state index in [1.807, 2.05) is 12.1 Å². The molecule has 0 aliphatic carbocycles. The quantitative estimate of drug-likeness (QED) is 0.884. The van der Waals surface area contributed by atoms with Crippen LogP contribution in [-0.4, -0.2) is 11.1 Å². The van der Waals surface area contributed by atoms with E-state index in [2.05, 4.69) is 26.8 Å². The van der Waals surface area contributed by atoms with Crippen LogP contribution in [0.4, 0.5) is 0 Å². The van der Waals surface area contributed by atoms with Crippen molar-refractivity contribution in [1.82, 2.24) is 0 Å². The molecule has 0 saturated carbocycles. The Kier molecular flexibility index (Phi) is 4.45. The van der Waals surface area contributed by atoms with Gasteiger partial charge in [-0.2, -0.15) is 0 Å². The fourth-order valence-electron chi connectivity index (χ4n) is 2.11. The minimum Gasteiger partial charge on any atom is -0.488 e. The molecule has 106 valence electrons. The lowest BCUT2D eigenvalue weighted by Gasteiger charge is -2.12. The number of ether oxygens (including phenoxy) is 1. The molecule has 0 aliphatic heterocycles. The highest BCUT2D eigenvalue weighted by Gasteiger charge is 2.08. The smallest absolute Gasteiger partial charge is 0.345 e. The number of benzene rings is 1. The summed E-state index contributed by atoms with van der Waals surface area (Å²) < 4.78 is 5.72. The molecule has 0 saturated heterocycles. The van der Waals surface area contributed by atoms with Crippen molar-refractivity contribution in [3.8, 4) is 5.75 Å². The summed E-state index contributed by atoms with van der Waals surface area (Å²) >= 11 is 1.25. The van der Waals surface area contributed by atoms with Gasteiger partial charge in [0.15, 0.2) is 0 Å². The summed E-state index contributed by atoms with van der Waals surface area (Å²) in [5.41, 5.74) is 2.54. The number of hydrogen-bond donors (Lipinski definition) is 1. The Labute approximate surface area is 122 Å². The van der Waals surface area contributed by atoms with Crippen molar-refractivity contribution in [1.29, 1.82) is 0 Å². The van der Waals surface area contributed by atoms with Crippen LogP contribution in [0.25, 0.3) is 0 Å². The van der Waals surface area contributed by atoms with Crippen LogP contribution in [0, 0.1) is 6.92 Å². The molecule has 1 heterocycles. The Hall–Kier alpha value is -1.81. The number of hydrogen-bond acceptors (Lipinski definition) is 3. The van der Waals surface area contributed by atoms with E-state index in [0.29, 0.717) is 17.4 Å². The van der Waals surface area contributed by atoms with Crippen LogP contribution in [-0.2, 0) is 6.61 Å². The molecule has 3 nitrogen and oxygen atoms in total. The normalized spacial score (nSPS) is 10.8. The Bertz CT molecular complexity index is 614. The van der Waals surface area contributed by atoms with Crippen molar-refractivity contribution >= 4 is 17.3 Å². The second-order valence-electron chi connectivity index (χ2n) is 5.03. The third-order valence-electron chi connectivity index (χ3n) is 3.12. The Morgan fingerprint density at radius 2 is 2.05 bits per heavy atom. The van der Waals surface area contributed by atoms with Crippen molar-refractivity contribution in [2.45, 2.75) is 33.3 Å². The zero-order chi connectivity index (χ0) is 14.7. The molecule has 0 aliphatic rings. The molecule has 20 heavy (non-hydrogen) atoms. The van der Waals surface area contributed by atoms with Crippen LogP contribution in [0.5, 0.6) is 5.75 Å². The first-order valence-corrected chi connectivity index (χ1v) is 7.34. The maximum absolute atomic E-state index is 10.8. The van der Waals surface area contributed by atoms with Crippen LogP contribution < -0.4 is 4.74 Å². The summed E-state index contributed by atoms with van der Waals surface area (Å²) in [4.78, 5) is 12.1. The first-order chi connectivity index (χ1) is 9.47. The van der Waals surface area contributed by atoms with Crippen LogP contribution in [0.2, 0.25) is 0 Å². The van der Waals surface area contributed by atoms with E-state index in [-0.39, 0.29) is 0 Å². The largest absolute Gasteiger partial charge is 0.488 e. The maximum atomic E-state index is 10.8. The van der Waals surface area contributed by atoms with Gasteiger partial charge >= 0.3 is 5.97 Å². The monoisotopic (exact) mass is 290 g/mol. The van der Waals surface area contributed by atoms with Crippen molar-refractivity contribution < 1.29 is 14.6 Å². The zero-order valence-corrected chi connectivity index (χ0v) is 12.7. The molecule has 0 spiro atoms. The van der Waals surface area contributed by atoms with E-state index in [9.17, 15) is 4.79 Å². The van der Waals surface area contributed by atoms with Crippen molar-refractivity contribution in [3.05, 3.63) is 51.2 Å². The van der Waals surface area contributed by atoms with Crippen LogP contribution in [0.1, 0.15) is 45.4 Å². The molecule has 0 unspecified atom stereocenters. The topological polar surface area (TPSA) is 46.5 Å². The van der Waals surface area contributed by atoms with Gasteiger partial charge in [0, 0.05) is 4.88 Å². The molecule has 1 N–H and O–H groups in total. The molecular weight excluding hydrogens is 272 g/mol. The molecule has 1 aromatic heterocycles. The second kappa shape index (κ2) is 6.09. The van der Waals surface area contributed by atoms with Crippen molar-refractivity contribution in [2.24, 2.45) is 0 Å². The maximum Gasteiger partial charge on any atom is 0.345 e. The average Bonchev–Trinajstić information content (AvgIpc) is 2.85. The molecular formula is C16H18O3S. The summed E-state index contributed by atoms with van der Waals surface area (Å²) in [6.07, 6.45) is 0. The van der Waals surface area contributed by atoms with Crippen molar-refractivity contribution in [2.75, 3.05) is 0 Å². The van der Waals surface area contributed by atoms with Gasteiger partial charge < -0.3 is 9.84 Å². The van der Waals surface area contributed by atoms with E-state index < -0.39 is 5.97 Å². The third kappa shape index (κ3) is 3.39. The molecule has 4 heteroatoms. The second-order valence-corrected chi connectivity index (χ2v) is 6.20. The Morgan fingerprint density at radius 1 is 1.30 bits per heavy atom. The molecule has 2 rings (SSSR count). The average molecular weight is 290 g/mol. The molecule has 0 fully saturated rings. The van der Waals surface area contributed by atoms with E-state index in [0.717, 1.165) is 10.6 Å². The zero-order valence-electron chi connectivity index (χ0n) is 11.8. The number of aromatic carboxylic acids is 1. The van der Waals surface area contributed by atoms with Gasteiger partial charge in [-0.15, -0.1) is 11.3 Å². The van der Waals surface area contributed by atoms with Crippen molar-refractivity contribution in [3.63, 3.8) is 0 Å². The van der Waals surface area contributed by atoms with Gasteiger partial charge in [-0.1, -0.05) is 19.9 Å². The third-order valence-corrected chi connectivity index (χ3v) is 4.16. The summed E-state index contributed by atoms with van der Waals surface area (Å²) in [6, 6.07) is 9.49. The summed E-state index contributed by atoms with van der Waals surface area (Å²) in [7, 11) is 0.